The predicted octanol–water partition coefficient (Wildman–Crippen LogP) is 2.20. The number of nitrogens with one attached hydrogen (secondary N) is 1. The zero-order chi connectivity index (χ0) is 22.5. The summed E-state index contributed by atoms with van der Waals surface area (Å²) in [5, 5.41) is 18.6. The van der Waals surface area contributed by atoms with Crippen LogP contribution in [0.25, 0.3) is 11.4 Å². The summed E-state index contributed by atoms with van der Waals surface area (Å²) >= 11 is 0. The summed E-state index contributed by atoms with van der Waals surface area (Å²) in [5.41, 5.74) is 0.213. The zero-order valence-corrected chi connectivity index (χ0v) is 17.2. The van der Waals surface area contributed by atoms with Gasteiger partial charge in [-0.05, 0) is 24.3 Å². The van der Waals surface area contributed by atoms with Crippen LogP contribution in [0.4, 0.5) is 5.69 Å². The Labute approximate surface area is 183 Å². The quantitative estimate of drug-likeness (QED) is 0.316. The predicted molar refractivity (Wildman–Crippen MR) is 112 cm³/mol. The number of hydrogen-bond donors (Lipinski definition) is 1. The number of carbonyl (C=O) groups excluding carboxylic acids is 1. The first-order valence-corrected chi connectivity index (χ1v) is 9.90. The molecule has 2 unspecified atom stereocenters. The van der Waals surface area contributed by atoms with Gasteiger partial charge in [0.1, 0.15) is 11.8 Å². The van der Waals surface area contributed by atoms with E-state index in [1.54, 1.807) is 18.2 Å². The molecule has 166 valence electrons. The van der Waals surface area contributed by atoms with E-state index in [9.17, 15) is 14.9 Å². The summed E-state index contributed by atoms with van der Waals surface area (Å²) < 4.78 is 16.4. The monoisotopic (exact) mass is 439 g/mol. The number of hydrogen-bond acceptors (Lipinski definition) is 10. The second-order valence-corrected chi connectivity index (χ2v) is 7.02. The molecule has 0 amide bonds. The standard InChI is InChI=1S/C21H21N5O6/c1-30-18-8-7-14(11-16(18)26(28)29)20-23-21(32-24-20)17-12-22-9-10-25(17)19(13-27)31-15-5-3-2-4-6-15/h2-8,11,13,17,19,22H,9-10,12H2,1H3. The van der Waals surface area contributed by atoms with Gasteiger partial charge in [-0.2, -0.15) is 4.98 Å². The van der Waals surface area contributed by atoms with Crippen LogP contribution >= 0.6 is 0 Å². The fourth-order valence-corrected chi connectivity index (χ4v) is 3.53. The van der Waals surface area contributed by atoms with E-state index in [0.29, 0.717) is 30.9 Å². The number of piperazine rings is 1. The Morgan fingerprint density at radius 2 is 2.12 bits per heavy atom. The number of ether oxygens (including phenoxy) is 2. The number of para-hydroxylation sites is 1. The van der Waals surface area contributed by atoms with Crippen LogP contribution in [0.15, 0.2) is 53.1 Å². The lowest BCUT2D eigenvalue weighted by molar-refractivity contribution is -0.385. The SMILES string of the molecule is COc1ccc(-c2noc(C3CNCCN3C(C=O)Oc3ccccc3)n2)cc1[N+](=O)[O-]. The molecule has 1 fully saturated rings. The molecule has 11 heteroatoms. The fraction of sp³-hybridized carbons (Fsp3) is 0.286. The molecule has 2 heterocycles. The number of methoxy groups -OCH3 is 1. The third-order valence-corrected chi connectivity index (χ3v) is 5.09. The van der Waals surface area contributed by atoms with Gasteiger partial charge in [-0.25, -0.2) is 4.90 Å². The largest absolute Gasteiger partial charge is 0.490 e. The second kappa shape index (κ2) is 9.54. The van der Waals surface area contributed by atoms with Gasteiger partial charge in [-0.15, -0.1) is 0 Å². The molecule has 0 aliphatic carbocycles. The number of aldehydes is 1. The van der Waals surface area contributed by atoms with Crippen molar-refractivity contribution in [2.45, 2.75) is 12.3 Å². The van der Waals surface area contributed by atoms with Crippen molar-refractivity contribution in [3.05, 3.63) is 64.5 Å². The number of aromatic nitrogens is 2. The fourth-order valence-electron chi connectivity index (χ4n) is 3.53. The first-order chi connectivity index (χ1) is 15.6. The number of nitro benzene ring substituents is 1. The van der Waals surface area contributed by atoms with Crippen LogP contribution in [0.5, 0.6) is 11.5 Å². The van der Waals surface area contributed by atoms with Crippen molar-refractivity contribution in [3.8, 4) is 22.9 Å². The minimum atomic E-state index is -0.845. The van der Waals surface area contributed by atoms with Crippen LogP contribution in [0, 0.1) is 10.1 Å². The van der Waals surface area contributed by atoms with E-state index >= 15 is 0 Å². The van der Waals surface area contributed by atoms with Gasteiger partial charge in [-0.1, -0.05) is 23.4 Å². The Morgan fingerprint density at radius 1 is 1.31 bits per heavy atom. The molecule has 1 aliphatic rings. The minimum absolute atomic E-state index is 0.136. The maximum Gasteiger partial charge on any atom is 0.311 e. The molecule has 1 saturated heterocycles. The summed E-state index contributed by atoms with van der Waals surface area (Å²) in [4.78, 5) is 28.9. The van der Waals surface area contributed by atoms with Gasteiger partial charge in [-0.3, -0.25) is 14.9 Å². The lowest BCUT2D eigenvalue weighted by Crippen LogP contribution is -2.53. The van der Waals surface area contributed by atoms with Crippen LogP contribution < -0.4 is 14.8 Å². The maximum absolute atomic E-state index is 11.8. The average molecular weight is 439 g/mol. The second-order valence-electron chi connectivity index (χ2n) is 7.02. The van der Waals surface area contributed by atoms with Crippen molar-refractivity contribution in [1.82, 2.24) is 20.4 Å². The van der Waals surface area contributed by atoms with Gasteiger partial charge in [0.05, 0.1) is 12.0 Å². The Bertz CT molecular complexity index is 1090. The number of nitro groups is 1. The van der Waals surface area contributed by atoms with E-state index in [0.717, 1.165) is 6.29 Å². The summed E-state index contributed by atoms with van der Waals surface area (Å²) in [5.74, 6) is 1.17. The topological polar surface area (TPSA) is 133 Å². The number of nitrogens with zero attached hydrogens (tertiary/aromatic N) is 4. The third kappa shape index (κ3) is 4.43. The molecule has 3 aromatic rings. The Balaban J connectivity index is 1.59. The summed E-state index contributed by atoms with van der Waals surface area (Å²) in [7, 11) is 1.36. The van der Waals surface area contributed by atoms with Gasteiger partial charge in [0, 0.05) is 31.3 Å². The van der Waals surface area contributed by atoms with Gasteiger partial charge >= 0.3 is 5.69 Å². The molecule has 2 aromatic carbocycles. The van der Waals surface area contributed by atoms with Crippen molar-refractivity contribution in [2.24, 2.45) is 0 Å². The van der Waals surface area contributed by atoms with E-state index in [4.69, 9.17) is 14.0 Å². The van der Waals surface area contributed by atoms with Gasteiger partial charge in [0.15, 0.2) is 12.0 Å². The summed E-state index contributed by atoms with van der Waals surface area (Å²) in [6.45, 7) is 1.64. The highest BCUT2D eigenvalue weighted by atomic mass is 16.6. The van der Waals surface area contributed by atoms with Crippen LogP contribution in [0.1, 0.15) is 11.9 Å². The Hall–Kier alpha value is -3.83. The molecule has 32 heavy (non-hydrogen) atoms. The molecular formula is C21H21N5O6. The van der Waals surface area contributed by atoms with E-state index < -0.39 is 17.2 Å². The number of carbonyl (C=O) groups is 1. The van der Waals surface area contributed by atoms with Crippen LogP contribution in [0.2, 0.25) is 0 Å². The average Bonchev–Trinajstić information content (AvgIpc) is 3.33. The first-order valence-electron chi connectivity index (χ1n) is 9.90. The molecule has 0 spiro atoms. The van der Waals surface area contributed by atoms with Gasteiger partial charge in [0.2, 0.25) is 17.9 Å². The van der Waals surface area contributed by atoms with Crippen molar-refractivity contribution < 1.29 is 23.7 Å². The van der Waals surface area contributed by atoms with E-state index in [-0.39, 0.29) is 23.2 Å². The molecular weight excluding hydrogens is 418 g/mol. The van der Waals surface area contributed by atoms with Crippen molar-refractivity contribution in [1.29, 1.82) is 0 Å². The van der Waals surface area contributed by atoms with E-state index in [1.807, 2.05) is 23.1 Å². The van der Waals surface area contributed by atoms with Crippen molar-refractivity contribution in [2.75, 3.05) is 26.7 Å². The lowest BCUT2D eigenvalue weighted by Gasteiger charge is -2.36. The normalized spacial score (nSPS) is 17.5. The maximum atomic E-state index is 11.8. The molecule has 4 rings (SSSR count). The molecule has 2 atom stereocenters. The van der Waals surface area contributed by atoms with Crippen LogP contribution in [-0.4, -0.2) is 59.2 Å². The molecule has 0 saturated carbocycles. The third-order valence-electron chi connectivity index (χ3n) is 5.09. The van der Waals surface area contributed by atoms with E-state index in [2.05, 4.69) is 15.5 Å². The highest BCUT2D eigenvalue weighted by Crippen LogP contribution is 2.32. The Kier molecular flexibility index (Phi) is 6.38. The van der Waals surface area contributed by atoms with Crippen molar-refractivity contribution >= 4 is 12.0 Å². The molecule has 0 bridgehead atoms. The Morgan fingerprint density at radius 3 is 2.84 bits per heavy atom. The lowest BCUT2D eigenvalue weighted by atomic mass is 10.1. The highest BCUT2D eigenvalue weighted by Gasteiger charge is 2.35. The highest BCUT2D eigenvalue weighted by molar-refractivity contribution is 5.63. The minimum Gasteiger partial charge on any atom is -0.490 e. The van der Waals surface area contributed by atoms with E-state index in [1.165, 1.54) is 19.2 Å². The molecule has 1 N–H and O–H groups in total. The molecule has 11 nitrogen and oxygen atoms in total. The number of rotatable bonds is 8. The summed E-state index contributed by atoms with van der Waals surface area (Å²) in [6.07, 6.45) is -0.114. The summed E-state index contributed by atoms with van der Waals surface area (Å²) in [6, 6.07) is 13.1. The zero-order valence-electron chi connectivity index (χ0n) is 17.2. The molecule has 1 aromatic heterocycles. The van der Waals surface area contributed by atoms with Crippen LogP contribution in [0.3, 0.4) is 0 Å². The first kappa shape index (κ1) is 21.4. The molecule has 1 aliphatic heterocycles. The number of benzene rings is 2. The van der Waals surface area contributed by atoms with Gasteiger partial charge < -0.3 is 19.3 Å². The molecule has 0 radical (unpaired) electrons. The van der Waals surface area contributed by atoms with Gasteiger partial charge in [0.25, 0.3) is 0 Å². The van der Waals surface area contributed by atoms with Crippen LogP contribution in [-0.2, 0) is 4.79 Å². The van der Waals surface area contributed by atoms with Crippen molar-refractivity contribution in [3.63, 3.8) is 0 Å². The smallest absolute Gasteiger partial charge is 0.311 e.